The lowest BCUT2D eigenvalue weighted by molar-refractivity contribution is -0.137. The van der Waals surface area contributed by atoms with Crippen LogP contribution in [-0.4, -0.2) is 31.9 Å². The van der Waals surface area contributed by atoms with Gasteiger partial charge >= 0.3 is 11.9 Å². The average Bonchev–Trinajstić information content (AvgIpc) is 2.84. The summed E-state index contributed by atoms with van der Waals surface area (Å²) in [6.45, 7) is 0. The van der Waals surface area contributed by atoms with E-state index >= 15 is 0 Å². The Kier molecular flexibility index (Phi) is 3.12. The third-order valence-electron chi connectivity index (χ3n) is 3.08. The zero-order valence-electron chi connectivity index (χ0n) is 9.78. The fraction of sp³-hybridized carbons (Fsp3) is 0.545. The van der Waals surface area contributed by atoms with Gasteiger partial charge in [0, 0.05) is 5.92 Å². The van der Waals surface area contributed by atoms with Crippen molar-refractivity contribution in [3.05, 3.63) is 11.3 Å². The third-order valence-corrected chi connectivity index (χ3v) is 3.08. The van der Waals surface area contributed by atoms with E-state index in [0.717, 1.165) is 24.8 Å². The number of methoxy groups -OCH3 is 2. The molecule has 1 saturated carbocycles. The Bertz CT molecular complexity index is 425. The molecular weight excluding hydrogens is 224 g/mol. The number of nitrogens with one attached hydrogen (secondary N) is 1. The van der Waals surface area contributed by atoms with Gasteiger partial charge in [0.25, 0.3) is 0 Å². The highest BCUT2D eigenvalue weighted by molar-refractivity contribution is 6.38. The predicted molar refractivity (Wildman–Crippen MR) is 59.0 cm³/mol. The molecule has 0 radical (unpaired) electrons. The normalized spacial score (nSPS) is 22.5. The van der Waals surface area contributed by atoms with Crippen molar-refractivity contribution in [3.63, 3.8) is 0 Å². The van der Waals surface area contributed by atoms with Gasteiger partial charge in [0.1, 0.15) is 5.70 Å². The quantitative estimate of drug-likeness (QED) is 0.702. The Morgan fingerprint density at radius 1 is 1.29 bits per heavy atom. The number of esters is 2. The summed E-state index contributed by atoms with van der Waals surface area (Å²) in [4.78, 5) is 23.1. The average molecular weight is 238 g/mol. The number of fused-ring (bicyclic) bond motifs is 1. The van der Waals surface area contributed by atoms with E-state index in [-0.39, 0.29) is 5.92 Å². The summed E-state index contributed by atoms with van der Waals surface area (Å²) in [5.41, 5.74) is 4.20. The zero-order valence-corrected chi connectivity index (χ0v) is 9.78. The second-order valence-corrected chi connectivity index (χ2v) is 3.94. The molecule has 0 aromatic carbocycles. The summed E-state index contributed by atoms with van der Waals surface area (Å²) in [6.07, 6.45) is 2.52. The molecule has 1 aliphatic heterocycles. The number of hydrogen-bond acceptors (Lipinski definition) is 6. The topological polar surface area (TPSA) is 77.0 Å². The molecule has 1 atom stereocenters. The van der Waals surface area contributed by atoms with Crippen LogP contribution in [0.3, 0.4) is 0 Å². The van der Waals surface area contributed by atoms with E-state index in [2.05, 4.69) is 20.0 Å². The molecule has 0 aromatic heterocycles. The highest BCUT2D eigenvalue weighted by Gasteiger charge is 2.37. The molecule has 0 amide bonds. The van der Waals surface area contributed by atoms with E-state index < -0.39 is 11.9 Å². The van der Waals surface area contributed by atoms with E-state index in [1.54, 1.807) is 0 Å². The van der Waals surface area contributed by atoms with Crippen molar-refractivity contribution < 1.29 is 19.1 Å². The number of hydrogen-bond donors (Lipinski definition) is 1. The van der Waals surface area contributed by atoms with Gasteiger partial charge in [-0.25, -0.2) is 9.59 Å². The number of allylic oxidation sites excluding steroid dienone is 1. The molecular formula is C11H14N2O4. The van der Waals surface area contributed by atoms with Gasteiger partial charge in [0.05, 0.1) is 14.2 Å². The molecule has 0 spiro atoms. The van der Waals surface area contributed by atoms with Crippen molar-refractivity contribution in [3.8, 4) is 0 Å². The van der Waals surface area contributed by atoms with Crippen LogP contribution in [0.5, 0.6) is 0 Å². The molecule has 6 heteroatoms. The molecule has 1 N–H and O–H groups in total. The summed E-state index contributed by atoms with van der Waals surface area (Å²) < 4.78 is 9.35. The van der Waals surface area contributed by atoms with Crippen LogP contribution in [0.15, 0.2) is 16.4 Å². The maximum atomic E-state index is 11.5. The van der Waals surface area contributed by atoms with Crippen molar-refractivity contribution in [2.45, 2.75) is 19.3 Å². The molecule has 1 unspecified atom stereocenters. The van der Waals surface area contributed by atoms with Crippen LogP contribution in [-0.2, 0) is 19.1 Å². The predicted octanol–water partition coefficient (Wildman–Crippen LogP) is 0.346. The van der Waals surface area contributed by atoms with E-state index in [9.17, 15) is 9.59 Å². The van der Waals surface area contributed by atoms with E-state index in [1.165, 1.54) is 14.2 Å². The van der Waals surface area contributed by atoms with Crippen LogP contribution in [0.4, 0.5) is 0 Å². The molecule has 1 heterocycles. The van der Waals surface area contributed by atoms with Crippen molar-refractivity contribution in [2.24, 2.45) is 11.0 Å². The van der Waals surface area contributed by atoms with E-state index in [1.807, 2.05) is 0 Å². The first kappa shape index (κ1) is 11.6. The van der Waals surface area contributed by atoms with Crippen molar-refractivity contribution >= 4 is 17.7 Å². The van der Waals surface area contributed by atoms with Gasteiger partial charge in [-0.05, 0) is 24.8 Å². The molecule has 6 nitrogen and oxygen atoms in total. The summed E-state index contributed by atoms with van der Waals surface area (Å²) in [5, 5.41) is 3.93. The largest absolute Gasteiger partial charge is 0.464 e. The fourth-order valence-electron chi connectivity index (χ4n) is 2.28. The molecule has 17 heavy (non-hydrogen) atoms. The van der Waals surface area contributed by atoms with E-state index in [0.29, 0.717) is 11.4 Å². The Morgan fingerprint density at radius 3 is 2.65 bits per heavy atom. The minimum absolute atomic E-state index is 0.113. The zero-order chi connectivity index (χ0) is 12.4. The first-order valence-electron chi connectivity index (χ1n) is 5.42. The Hall–Kier alpha value is -1.85. The first-order chi connectivity index (χ1) is 8.19. The van der Waals surface area contributed by atoms with E-state index in [4.69, 9.17) is 0 Å². The second-order valence-electron chi connectivity index (χ2n) is 3.94. The highest BCUT2D eigenvalue weighted by Crippen LogP contribution is 2.36. The van der Waals surface area contributed by atoms with Crippen LogP contribution >= 0.6 is 0 Å². The molecule has 0 bridgehead atoms. The number of nitrogens with zero attached hydrogens (tertiary/aromatic N) is 1. The Labute approximate surface area is 98.7 Å². The molecule has 0 saturated heterocycles. The number of carbonyl (C=O) groups is 2. The van der Waals surface area contributed by atoms with Gasteiger partial charge in [-0.2, -0.15) is 5.10 Å². The van der Waals surface area contributed by atoms with Gasteiger partial charge in [-0.1, -0.05) is 0 Å². The van der Waals surface area contributed by atoms with Crippen LogP contribution in [0.2, 0.25) is 0 Å². The molecule has 2 aliphatic rings. The molecule has 1 fully saturated rings. The lowest BCUT2D eigenvalue weighted by Gasteiger charge is -2.21. The van der Waals surface area contributed by atoms with Gasteiger partial charge in [0.2, 0.25) is 0 Å². The molecule has 2 rings (SSSR count). The van der Waals surface area contributed by atoms with Gasteiger partial charge in [0.15, 0.2) is 5.71 Å². The third kappa shape index (κ3) is 1.90. The lowest BCUT2D eigenvalue weighted by atomic mass is 9.94. The fourth-order valence-corrected chi connectivity index (χ4v) is 2.28. The number of carbonyl (C=O) groups excluding carboxylic acids is 2. The van der Waals surface area contributed by atoms with Crippen molar-refractivity contribution in [2.75, 3.05) is 14.2 Å². The minimum Gasteiger partial charge on any atom is -0.464 e. The lowest BCUT2D eigenvalue weighted by Crippen LogP contribution is -2.34. The van der Waals surface area contributed by atoms with Crippen LogP contribution in [0, 0.1) is 5.92 Å². The van der Waals surface area contributed by atoms with Gasteiger partial charge in [-0.3, -0.25) is 5.43 Å². The van der Waals surface area contributed by atoms with Gasteiger partial charge in [-0.15, -0.1) is 0 Å². The molecule has 92 valence electrons. The summed E-state index contributed by atoms with van der Waals surface area (Å²) in [5.74, 6) is -1.01. The first-order valence-corrected chi connectivity index (χ1v) is 5.42. The number of ether oxygens (including phenoxy) is 2. The SMILES string of the molecule is COC(=O)C1=NNC(C(=O)OC)=C2CCCC12. The number of rotatable bonds is 2. The van der Waals surface area contributed by atoms with Crippen molar-refractivity contribution in [1.82, 2.24) is 5.43 Å². The molecule has 1 aliphatic carbocycles. The summed E-state index contributed by atoms with van der Waals surface area (Å²) in [7, 11) is 2.64. The molecule has 0 aromatic rings. The highest BCUT2D eigenvalue weighted by atomic mass is 16.5. The van der Waals surface area contributed by atoms with Gasteiger partial charge < -0.3 is 9.47 Å². The number of hydrazone groups is 1. The smallest absolute Gasteiger partial charge is 0.355 e. The van der Waals surface area contributed by atoms with Crippen LogP contribution in [0.1, 0.15) is 19.3 Å². The second kappa shape index (κ2) is 4.57. The monoisotopic (exact) mass is 238 g/mol. The maximum absolute atomic E-state index is 11.5. The Balaban J connectivity index is 2.31. The summed E-state index contributed by atoms with van der Waals surface area (Å²) in [6, 6.07) is 0. The Morgan fingerprint density at radius 2 is 2.00 bits per heavy atom. The standard InChI is InChI=1S/C11H14N2O4/c1-16-10(14)8-6-4-3-5-7(6)9(13-12-8)11(15)17-2/h6,13H,3-5H2,1-2H3. The van der Waals surface area contributed by atoms with Crippen LogP contribution in [0.25, 0.3) is 0 Å². The maximum Gasteiger partial charge on any atom is 0.355 e. The minimum atomic E-state index is -0.453. The van der Waals surface area contributed by atoms with Crippen molar-refractivity contribution in [1.29, 1.82) is 0 Å². The summed E-state index contributed by atoms with van der Waals surface area (Å²) >= 11 is 0. The van der Waals surface area contributed by atoms with Crippen LogP contribution < -0.4 is 5.43 Å².